The van der Waals surface area contributed by atoms with Crippen molar-refractivity contribution in [3.63, 3.8) is 0 Å². The lowest BCUT2D eigenvalue weighted by molar-refractivity contribution is 0.143. The fourth-order valence-electron chi connectivity index (χ4n) is 3.26. The highest BCUT2D eigenvalue weighted by Crippen LogP contribution is 2.28. The zero-order valence-corrected chi connectivity index (χ0v) is 17.7. The van der Waals surface area contributed by atoms with Gasteiger partial charge in [-0.2, -0.15) is 5.10 Å². The highest BCUT2D eigenvalue weighted by atomic mass is 16.7. The van der Waals surface area contributed by atoms with Gasteiger partial charge in [0.05, 0.1) is 6.54 Å². The summed E-state index contributed by atoms with van der Waals surface area (Å²) >= 11 is 0. The average molecular weight is 409 g/mol. The number of pyridine rings is 1. The molecule has 0 amide bonds. The number of rotatable bonds is 9. The van der Waals surface area contributed by atoms with E-state index in [1.54, 1.807) is 12.1 Å². The first-order valence-electron chi connectivity index (χ1n) is 10.3. The lowest BCUT2D eigenvalue weighted by atomic mass is 10.1. The van der Waals surface area contributed by atoms with Gasteiger partial charge in [0.2, 0.25) is 5.88 Å². The predicted octanol–water partition coefficient (Wildman–Crippen LogP) is 4.99. The van der Waals surface area contributed by atoms with E-state index in [-0.39, 0.29) is 5.88 Å². The molecule has 1 N–H and O–H groups in total. The summed E-state index contributed by atoms with van der Waals surface area (Å²) in [5.74, 6) is 2.52. The van der Waals surface area contributed by atoms with E-state index >= 15 is 0 Å². The minimum Gasteiger partial charge on any atom is -0.449 e. The summed E-state index contributed by atoms with van der Waals surface area (Å²) in [5.41, 5.74) is 2.57. The monoisotopic (exact) mass is 408 g/mol. The topological polar surface area (TPSA) is 90.1 Å². The summed E-state index contributed by atoms with van der Waals surface area (Å²) < 4.78 is 6.80. The van der Waals surface area contributed by atoms with Crippen LogP contribution < -0.4 is 4.74 Å². The lowest BCUT2D eigenvalue weighted by Crippen LogP contribution is -2.07. The smallest absolute Gasteiger partial charge is 0.449 e. The van der Waals surface area contributed by atoms with Crippen LogP contribution in [0.5, 0.6) is 5.88 Å². The van der Waals surface area contributed by atoms with Gasteiger partial charge in [-0.15, -0.1) is 0 Å². The number of benzene rings is 1. The molecular weight excluding hydrogens is 380 g/mol. The molecule has 0 radical (unpaired) electrons. The van der Waals surface area contributed by atoms with Gasteiger partial charge >= 0.3 is 6.16 Å². The van der Waals surface area contributed by atoms with Crippen molar-refractivity contribution in [2.75, 3.05) is 0 Å². The molecule has 0 aliphatic carbocycles. The Labute approximate surface area is 176 Å². The van der Waals surface area contributed by atoms with Crippen molar-refractivity contribution in [3.05, 3.63) is 59.8 Å². The number of hydrogen-bond donors (Lipinski definition) is 1. The maximum Gasteiger partial charge on any atom is 0.512 e. The van der Waals surface area contributed by atoms with E-state index in [0.29, 0.717) is 18.0 Å². The van der Waals surface area contributed by atoms with Gasteiger partial charge in [0, 0.05) is 24.6 Å². The van der Waals surface area contributed by atoms with Gasteiger partial charge in [-0.3, -0.25) is 0 Å². The van der Waals surface area contributed by atoms with Crippen LogP contribution in [0.3, 0.4) is 0 Å². The molecule has 30 heavy (non-hydrogen) atoms. The molecule has 0 atom stereocenters. The Morgan fingerprint density at radius 2 is 1.97 bits per heavy atom. The normalized spacial score (nSPS) is 11.1. The van der Waals surface area contributed by atoms with Crippen LogP contribution in [0.2, 0.25) is 0 Å². The number of aryl methyl sites for hydroxylation is 1. The molecule has 158 valence electrons. The number of ether oxygens (including phenoxy) is 1. The second kappa shape index (κ2) is 10.0. The summed E-state index contributed by atoms with van der Waals surface area (Å²) in [6.07, 6.45) is 4.13. The number of carbonyl (C=O) groups is 1. The Hall–Kier alpha value is -3.22. The third-order valence-corrected chi connectivity index (χ3v) is 4.69. The number of carboxylic acid groups (broad SMARTS) is 1. The highest BCUT2D eigenvalue weighted by molar-refractivity contribution is 5.72. The molecule has 0 aliphatic heterocycles. The molecule has 0 unspecified atom stereocenters. The van der Waals surface area contributed by atoms with E-state index in [1.165, 1.54) is 6.20 Å². The van der Waals surface area contributed by atoms with Gasteiger partial charge in [-0.1, -0.05) is 51.5 Å². The molecule has 2 aromatic heterocycles. The summed E-state index contributed by atoms with van der Waals surface area (Å²) in [5, 5.41) is 13.6. The third kappa shape index (κ3) is 5.65. The number of nitrogens with zero attached hydrogens (tertiary/aromatic N) is 4. The minimum absolute atomic E-state index is 0.0780. The van der Waals surface area contributed by atoms with E-state index in [9.17, 15) is 4.79 Å². The lowest BCUT2D eigenvalue weighted by Gasteiger charge is -2.09. The predicted molar refractivity (Wildman–Crippen MR) is 115 cm³/mol. The van der Waals surface area contributed by atoms with Crippen LogP contribution in [0, 0.1) is 5.92 Å². The molecule has 0 spiro atoms. The minimum atomic E-state index is -1.38. The van der Waals surface area contributed by atoms with Crippen molar-refractivity contribution in [1.29, 1.82) is 0 Å². The second-order valence-corrected chi connectivity index (χ2v) is 7.72. The SMILES string of the molecule is CCCCc1nc(CC(C)C)nn1Cc1ccc(-c2cccnc2OC(=O)O)cc1. The van der Waals surface area contributed by atoms with E-state index < -0.39 is 6.16 Å². The molecule has 1 aromatic carbocycles. The van der Waals surface area contributed by atoms with Crippen LogP contribution in [0.1, 0.15) is 50.8 Å². The Kier molecular flexibility index (Phi) is 7.17. The molecule has 0 fully saturated rings. The van der Waals surface area contributed by atoms with Gasteiger partial charge in [0.25, 0.3) is 0 Å². The fourth-order valence-corrected chi connectivity index (χ4v) is 3.26. The molecule has 0 saturated carbocycles. The highest BCUT2D eigenvalue weighted by Gasteiger charge is 2.13. The van der Waals surface area contributed by atoms with Crippen LogP contribution in [-0.4, -0.2) is 31.0 Å². The first kappa shape index (κ1) is 21.5. The molecule has 0 aliphatic rings. The van der Waals surface area contributed by atoms with E-state index in [2.05, 4.69) is 25.8 Å². The van der Waals surface area contributed by atoms with Crippen LogP contribution in [0.4, 0.5) is 4.79 Å². The van der Waals surface area contributed by atoms with Gasteiger partial charge in [0.1, 0.15) is 5.82 Å². The summed E-state index contributed by atoms with van der Waals surface area (Å²) in [7, 11) is 0. The average Bonchev–Trinajstić information content (AvgIpc) is 3.07. The molecule has 7 heteroatoms. The largest absolute Gasteiger partial charge is 0.512 e. The van der Waals surface area contributed by atoms with Crippen molar-refractivity contribution in [2.45, 2.75) is 53.0 Å². The molecule has 7 nitrogen and oxygen atoms in total. The molecule has 0 saturated heterocycles. The first-order chi connectivity index (χ1) is 14.5. The van der Waals surface area contributed by atoms with Gasteiger partial charge in [-0.05, 0) is 35.6 Å². The molecule has 2 heterocycles. The molecule has 3 rings (SSSR count). The maximum atomic E-state index is 10.9. The Balaban J connectivity index is 1.81. The number of hydrogen-bond acceptors (Lipinski definition) is 5. The fraction of sp³-hybridized carbons (Fsp3) is 0.391. The molecule has 0 bridgehead atoms. The molecule has 3 aromatic rings. The van der Waals surface area contributed by atoms with Gasteiger partial charge in [-0.25, -0.2) is 19.4 Å². The van der Waals surface area contributed by atoms with E-state index in [0.717, 1.165) is 48.5 Å². The molecular formula is C23H28N4O3. The van der Waals surface area contributed by atoms with Crippen molar-refractivity contribution in [1.82, 2.24) is 19.7 Å². The summed E-state index contributed by atoms with van der Waals surface area (Å²) in [6.45, 7) is 7.17. The Bertz CT molecular complexity index is 980. The second-order valence-electron chi connectivity index (χ2n) is 7.72. The van der Waals surface area contributed by atoms with E-state index in [4.69, 9.17) is 19.9 Å². The van der Waals surface area contributed by atoms with Crippen LogP contribution >= 0.6 is 0 Å². The standard InChI is InChI=1S/C23H28N4O3/c1-4-5-8-21-25-20(14-16(2)3)26-27(21)15-17-9-11-18(12-10-17)19-7-6-13-24-22(19)30-23(28)29/h6-7,9-13,16H,4-5,8,14-15H2,1-3H3,(H,28,29). The number of unbranched alkanes of at least 4 members (excludes halogenated alkanes) is 1. The van der Waals surface area contributed by atoms with Crippen molar-refractivity contribution in [2.24, 2.45) is 5.92 Å². The maximum absolute atomic E-state index is 10.9. The van der Waals surface area contributed by atoms with Crippen LogP contribution in [0.15, 0.2) is 42.6 Å². The van der Waals surface area contributed by atoms with Crippen molar-refractivity contribution < 1.29 is 14.6 Å². The van der Waals surface area contributed by atoms with Crippen LogP contribution in [-0.2, 0) is 19.4 Å². The van der Waals surface area contributed by atoms with E-state index in [1.807, 2.05) is 28.9 Å². The van der Waals surface area contributed by atoms with Gasteiger partial charge in [0.15, 0.2) is 5.82 Å². The number of aromatic nitrogens is 4. The van der Waals surface area contributed by atoms with Crippen LogP contribution in [0.25, 0.3) is 11.1 Å². The third-order valence-electron chi connectivity index (χ3n) is 4.69. The van der Waals surface area contributed by atoms with Crippen molar-refractivity contribution in [3.8, 4) is 17.0 Å². The van der Waals surface area contributed by atoms with Crippen molar-refractivity contribution >= 4 is 6.16 Å². The first-order valence-corrected chi connectivity index (χ1v) is 10.3. The quantitative estimate of drug-likeness (QED) is 0.502. The van der Waals surface area contributed by atoms with Gasteiger partial charge < -0.3 is 9.84 Å². The Morgan fingerprint density at radius 3 is 2.63 bits per heavy atom. The summed E-state index contributed by atoms with van der Waals surface area (Å²) in [4.78, 5) is 19.7. The Morgan fingerprint density at radius 1 is 1.20 bits per heavy atom. The summed E-state index contributed by atoms with van der Waals surface area (Å²) in [6, 6.07) is 11.5. The zero-order valence-electron chi connectivity index (χ0n) is 17.7. The zero-order chi connectivity index (χ0) is 21.5.